The third-order valence-electron chi connectivity index (χ3n) is 2.90. The van der Waals surface area contributed by atoms with E-state index in [-0.39, 0.29) is 6.10 Å². The van der Waals surface area contributed by atoms with E-state index in [9.17, 15) is 4.79 Å². The van der Waals surface area contributed by atoms with Crippen molar-refractivity contribution in [1.82, 2.24) is 0 Å². The monoisotopic (exact) mass is 236 g/mol. The van der Waals surface area contributed by atoms with Crippen LogP contribution >= 0.6 is 0 Å². The molecule has 3 nitrogen and oxygen atoms in total. The molecule has 0 fully saturated rings. The maximum atomic E-state index is 11.1. The summed E-state index contributed by atoms with van der Waals surface area (Å²) in [7, 11) is 0. The van der Waals surface area contributed by atoms with E-state index in [1.165, 1.54) is 0 Å². The second-order valence-corrected chi connectivity index (χ2v) is 4.65. The van der Waals surface area contributed by atoms with Gasteiger partial charge in [-0.3, -0.25) is 4.79 Å². The molecule has 0 spiro atoms. The van der Waals surface area contributed by atoms with Gasteiger partial charge in [-0.2, -0.15) is 0 Å². The smallest absolute Gasteiger partial charge is 0.310 e. The van der Waals surface area contributed by atoms with E-state index in [1.807, 2.05) is 39.8 Å². The zero-order chi connectivity index (χ0) is 13.2. The second kappa shape index (κ2) is 5.21. The molecule has 17 heavy (non-hydrogen) atoms. The summed E-state index contributed by atoms with van der Waals surface area (Å²) in [4.78, 5) is 11.1. The van der Waals surface area contributed by atoms with Crippen LogP contribution in [0.4, 0.5) is 0 Å². The van der Waals surface area contributed by atoms with Crippen LogP contribution in [0.1, 0.15) is 43.4 Å². The summed E-state index contributed by atoms with van der Waals surface area (Å²) in [6.45, 7) is 9.52. The summed E-state index contributed by atoms with van der Waals surface area (Å²) < 4.78 is 5.76. The quantitative estimate of drug-likeness (QED) is 0.872. The largest absolute Gasteiger partial charge is 0.490 e. The molecule has 0 amide bonds. The number of aryl methyl sites for hydroxylation is 1. The highest BCUT2D eigenvalue weighted by molar-refractivity contribution is 5.77. The molecule has 0 aromatic heterocycles. The Morgan fingerprint density at radius 2 is 1.82 bits per heavy atom. The van der Waals surface area contributed by atoms with Crippen molar-refractivity contribution in [3.05, 3.63) is 28.8 Å². The molecule has 1 aromatic rings. The molecule has 0 aliphatic heterocycles. The normalized spacial score (nSPS) is 12.6. The van der Waals surface area contributed by atoms with Gasteiger partial charge in [0, 0.05) is 5.56 Å². The molecule has 94 valence electrons. The van der Waals surface area contributed by atoms with Crippen molar-refractivity contribution in [2.75, 3.05) is 0 Å². The van der Waals surface area contributed by atoms with Crippen molar-refractivity contribution in [2.45, 2.75) is 46.6 Å². The zero-order valence-electron chi connectivity index (χ0n) is 11.1. The molecule has 1 rings (SSSR count). The van der Waals surface area contributed by atoms with Gasteiger partial charge < -0.3 is 9.84 Å². The number of ether oxygens (including phenoxy) is 1. The topological polar surface area (TPSA) is 46.5 Å². The van der Waals surface area contributed by atoms with Crippen LogP contribution in [-0.2, 0) is 4.79 Å². The average molecular weight is 236 g/mol. The molecule has 0 aliphatic carbocycles. The first-order chi connectivity index (χ1) is 7.84. The van der Waals surface area contributed by atoms with Crippen LogP contribution in [0.2, 0.25) is 0 Å². The predicted molar refractivity (Wildman–Crippen MR) is 67.7 cm³/mol. The molecule has 0 bridgehead atoms. The maximum absolute atomic E-state index is 11.1. The van der Waals surface area contributed by atoms with E-state index in [4.69, 9.17) is 9.84 Å². The average Bonchev–Trinajstić information content (AvgIpc) is 2.23. The molecule has 3 heteroatoms. The van der Waals surface area contributed by atoms with Crippen molar-refractivity contribution < 1.29 is 14.6 Å². The molecule has 1 atom stereocenters. The van der Waals surface area contributed by atoms with Gasteiger partial charge in [-0.05, 0) is 45.7 Å². The molecule has 0 saturated carbocycles. The van der Waals surface area contributed by atoms with Crippen LogP contribution < -0.4 is 4.74 Å². The Morgan fingerprint density at radius 1 is 1.24 bits per heavy atom. The van der Waals surface area contributed by atoms with Crippen LogP contribution in [0, 0.1) is 13.8 Å². The lowest BCUT2D eigenvalue weighted by Gasteiger charge is -2.20. The second-order valence-electron chi connectivity index (χ2n) is 4.65. The Morgan fingerprint density at radius 3 is 2.29 bits per heavy atom. The molecule has 1 aromatic carbocycles. The van der Waals surface area contributed by atoms with Gasteiger partial charge in [-0.15, -0.1) is 0 Å². The number of carbonyl (C=O) groups is 1. The summed E-state index contributed by atoms with van der Waals surface area (Å²) >= 11 is 0. The van der Waals surface area contributed by atoms with Crippen molar-refractivity contribution in [3.8, 4) is 5.75 Å². The summed E-state index contributed by atoms with van der Waals surface area (Å²) in [6.07, 6.45) is 0.0373. The molecule has 1 N–H and O–H groups in total. The first-order valence-electron chi connectivity index (χ1n) is 5.84. The van der Waals surface area contributed by atoms with E-state index >= 15 is 0 Å². The Kier molecular flexibility index (Phi) is 4.16. The molecule has 0 heterocycles. The van der Waals surface area contributed by atoms with Crippen LogP contribution in [0.15, 0.2) is 12.1 Å². The van der Waals surface area contributed by atoms with E-state index in [1.54, 1.807) is 6.92 Å². The van der Waals surface area contributed by atoms with E-state index in [0.29, 0.717) is 0 Å². The van der Waals surface area contributed by atoms with Gasteiger partial charge >= 0.3 is 5.97 Å². The first-order valence-corrected chi connectivity index (χ1v) is 5.84. The van der Waals surface area contributed by atoms with Gasteiger partial charge in [0.1, 0.15) is 5.75 Å². The molecule has 1 unspecified atom stereocenters. The van der Waals surface area contributed by atoms with Gasteiger partial charge in [0.15, 0.2) is 0 Å². The first kappa shape index (κ1) is 13.6. The molecule has 0 aliphatic rings. The highest BCUT2D eigenvalue weighted by Gasteiger charge is 2.21. The Labute approximate surface area is 102 Å². The number of hydrogen-bond acceptors (Lipinski definition) is 2. The van der Waals surface area contributed by atoms with Crippen molar-refractivity contribution in [1.29, 1.82) is 0 Å². The van der Waals surface area contributed by atoms with Gasteiger partial charge in [-0.25, -0.2) is 0 Å². The maximum Gasteiger partial charge on any atom is 0.310 e. The van der Waals surface area contributed by atoms with Crippen molar-refractivity contribution >= 4 is 5.97 Å². The standard InChI is InChI=1S/C14H20O3/c1-8(2)17-13-10(4)9(3)6-7-12(13)11(5)14(15)16/h6-8,11H,1-5H3,(H,15,16). The van der Waals surface area contributed by atoms with Crippen LogP contribution in [0.25, 0.3) is 0 Å². The summed E-state index contributed by atoms with van der Waals surface area (Å²) in [5.41, 5.74) is 2.88. The SMILES string of the molecule is Cc1ccc(C(C)C(=O)O)c(OC(C)C)c1C. The van der Waals surface area contributed by atoms with Crippen molar-refractivity contribution in [3.63, 3.8) is 0 Å². The van der Waals surface area contributed by atoms with E-state index in [0.717, 1.165) is 22.4 Å². The Hall–Kier alpha value is -1.51. The summed E-state index contributed by atoms with van der Waals surface area (Å²) in [6, 6.07) is 3.79. The highest BCUT2D eigenvalue weighted by Crippen LogP contribution is 2.32. The lowest BCUT2D eigenvalue weighted by molar-refractivity contribution is -0.138. The molecule has 0 radical (unpaired) electrons. The van der Waals surface area contributed by atoms with Gasteiger partial charge in [0.05, 0.1) is 12.0 Å². The van der Waals surface area contributed by atoms with Gasteiger partial charge in [0.2, 0.25) is 0 Å². The Bertz CT molecular complexity index is 422. The van der Waals surface area contributed by atoms with E-state index in [2.05, 4.69) is 0 Å². The third-order valence-corrected chi connectivity index (χ3v) is 2.90. The van der Waals surface area contributed by atoms with Crippen molar-refractivity contribution in [2.24, 2.45) is 0 Å². The lowest BCUT2D eigenvalue weighted by Crippen LogP contribution is -2.14. The number of benzene rings is 1. The number of carboxylic acid groups (broad SMARTS) is 1. The minimum absolute atomic E-state index is 0.0373. The summed E-state index contributed by atoms with van der Waals surface area (Å²) in [5.74, 6) is -0.667. The number of rotatable bonds is 4. The predicted octanol–water partition coefficient (Wildman–Crippen LogP) is 3.28. The molecular weight excluding hydrogens is 216 g/mol. The minimum Gasteiger partial charge on any atom is -0.490 e. The highest BCUT2D eigenvalue weighted by atomic mass is 16.5. The third kappa shape index (κ3) is 2.99. The fourth-order valence-electron chi connectivity index (χ4n) is 1.68. The zero-order valence-corrected chi connectivity index (χ0v) is 11.1. The lowest BCUT2D eigenvalue weighted by atomic mass is 9.95. The fourth-order valence-corrected chi connectivity index (χ4v) is 1.68. The van der Waals surface area contributed by atoms with Crippen LogP contribution in [-0.4, -0.2) is 17.2 Å². The van der Waals surface area contributed by atoms with Gasteiger partial charge in [0.25, 0.3) is 0 Å². The van der Waals surface area contributed by atoms with Crippen LogP contribution in [0.5, 0.6) is 5.75 Å². The Balaban J connectivity index is 3.29. The van der Waals surface area contributed by atoms with Gasteiger partial charge in [-0.1, -0.05) is 12.1 Å². The molecular formula is C14H20O3. The summed E-state index contributed by atoms with van der Waals surface area (Å²) in [5, 5.41) is 9.10. The number of hydrogen-bond donors (Lipinski definition) is 1. The minimum atomic E-state index is -0.832. The number of aliphatic carboxylic acids is 1. The van der Waals surface area contributed by atoms with Crippen LogP contribution in [0.3, 0.4) is 0 Å². The number of carboxylic acids is 1. The fraction of sp³-hybridized carbons (Fsp3) is 0.500. The molecule has 0 saturated heterocycles. The van der Waals surface area contributed by atoms with E-state index < -0.39 is 11.9 Å².